The highest BCUT2D eigenvalue weighted by Gasteiger charge is 2.45. The van der Waals surface area contributed by atoms with Crippen molar-refractivity contribution >= 4 is 11.7 Å². The van der Waals surface area contributed by atoms with Crippen LogP contribution in [0.25, 0.3) is 0 Å². The van der Waals surface area contributed by atoms with Gasteiger partial charge < -0.3 is 10.6 Å². The summed E-state index contributed by atoms with van der Waals surface area (Å²) in [6.45, 7) is 6.39. The molecule has 0 unspecified atom stereocenters. The van der Waals surface area contributed by atoms with Crippen molar-refractivity contribution in [1.29, 1.82) is 0 Å². The molecule has 2 aromatic carbocycles. The summed E-state index contributed by atoms with van der Waals surface area (Å²) < 4.78 is 0. The number of urea groups is 1. The summed E-state index contributed by atoms with van der Waals surface area (Å²) in [6.07, 6.45) is 1.99. The summed E-state index contributed by atoms with van der Waals surface area (Å²) in [5.41, 5.74) is 4.34. The molecule has 0 spiro atoms. The number of nitrogens with one attached hydrogen (secondary N) is 2. The first-order chi connectivity index (χ1) is 11.0. The standard InChI is InChI=1S/C20H24N2O/c1-14(2)16-6-10-18(11-7-16)21-19(23)22-20(12-13-20)17-8-4-15(3)5-9-17/h4-11,14H,12-13H2,1-3H3,(H2,21,22,23). The number of amides is 2. The second kappa shape index (κ2) is 6.07. The number of benzene rings is 2. The molecular weight excluding hydrogens is 284 g/mol. The van der Waals surface area contributed by atoms with E-state index in [1.54, 1.807) is 0 Å². The lowest BCUT2D eigenvalue weighted by Gasteiger charge is -2.19. The zero-order chi connectivity index (χ0) is 16.4. The molecule has 2 aromatic rings. The minimum atomic E-state index is -0.185. The average molecular weight is 308 g/mol. The molecule has 2 N–H and O–H groups in total. The van der Waals surface area contributed by atoms with Gasteiger partial charge in [-0.25, -0.2) is 4.79 Å². The molecule has 0 atom stereocenters. The van der Waals surface area contributed by atoms with Crippen LogP contribution in [0.1, 0.15) is 49.3 Å². The largest absolute Gasteiger partial charge is 0.328 e. The number of hydrogen-bond acceptors (Lipinski definition) is 1. The van der Waals surface area contributed by atoms with Gasteiger partial charge in [0.1, 0.15) is 0 Å². The molecule has 0 heterocycles. The van der Waals surface area contributed by atoms with Crippen LogP contribution in [0, 0.1) is 6.92 Å². The SMILES string of the molecule is Cc1ccc(C2(NC(=O)Nc3ccc(C(C)C)cc3)CC2)cc1. The molecule has 1 aliphatic carbocycles. The van der Waals surface area contributed by atoms with Crippen LogP contribution in [0.4, 0.5) is 10.5 Å². The van der Waals surface area contributed by atoms with Gasteiger partial charge in [-0.3, -0.25) is 0 Å². The minimum absolute atomic E-state index is 0.139. The molecule has 0 aromatic heterocycles. The van der Waals surface area contributed by atoms with Crippen molar-refractivity contribution in [1.82, 2.24) is 5.32 Å². The Morgan fingerprint density at radius 1 is 1.00 bits per heavy atom. The van der Waals surface area contributed by atoms with Crippen LogP contribution in [0.3, 0.4) is 0 Å². The molecule has 0 bridgehead atoms. The predicted octanol–water partition coefficient (Wildman–Crippen LogP) is 4.93. The summed E-state index contributed by atoms with van der Waals surface area (Å²) in [7, 11) is 0. The molecule has 1 aliphatic rings. The predicted molar refractivity (Wildman–Crippen MR) is 94.8 cm³/mol. The van der Waals surface area contributed by atoms with Crippen molar-refractivity contribution in [2.45, 2.75) is 45.1 Å². The first-order valence-corrected chi connectivity index (χ1v) is 8.25. The van der Waals surface area contributed by atoms with Crippen LogP contribution < -0.4 is 10.6 Å². The maximum atomic E-state index is 12.3. The smallest absolute Gasteiger partial charge is 0.319 e. The van der Waals surface area contributed by atoms with E-state index < -0.39 is 0 Å². The molecule has 0 radical (unpaired) electrons. The number of carbonyl (C=O) groups is 1. The molecule has 120 valence electrons. The van der Waals surface area contributed by atoms with Crippen molar-refractivity contribution < 1.29 is 4.79 Å². The molecule has 23 heavy (non-hydrogen) atoms. The van der Waals surface area contributed by atoms with Crippen molar-refractivity contribution in [2.75, 3.05) is 5.32 Å². The lowest BCUT2D eigenvalue weighted by Crippen LogP contribution is -2.38. The van der Waals surface area contributed by atoms with Crippen molar-refractivity contribution in [3.8, 4) is 0 Å². The molecule has 0 saturated heterocycles. The normalized spacial score (nSPS) is 15.3. The molecule has 3 nitrogen and oxygen atoms in total. The highest BCUT2D eigenvalue weighted by Crippen LogP contribution is 2.45. The molecule has 3 heteroatoms. The average Bonchev–Trinajstić information content (AvgIpc) is 3.29. The van der Waals surface area contributed by atoms with E-state index in [1.807, 2.05) is 12.1 Å². The monoisotopic (exact) mass is 308 g/mol. The van der Waals surface area contributed by atoms with Crippen molar-refractivity contribution in [3.05, 3.63) is 65.2 Å². The second-order valence-corrected chi connectivity index (χ2v) is 6.80. The molecule has 0 aliphatic heterocycles. The lowest BCUT2D eigenvalue weighted by molar-refractivity contribution is 0.247. The molecule has 1 fully saturated rings. The highest BCUT2D eigenvalue weighted by atomic mass is 16.2. The van der Waals surface area contributed by atoms with E-state index in [1.165, 1.54) is 16.7 Å². The van der Waals surface area contributed by atoms with Gasteiger partial charge >= 0.3 is 6.03 Å². The van der Waals surface area contributed by atoms with Gasteiger partial charge in [-0.15, -0.1) is 0 Å². The minimum Gasteiger partial charge on any atom is -0.328 e. The number of rotatable bonds is 4. The van der Waals surface area contributed by atoms with E-state index in [0.717, 1.165) is 18.5 Å². The van der Waals surface area contributed by atoms with E-state index in [9.17, 15) is 4.79 Å². The fourth-order valence-corrected chi connectivity index (χ4v) is 2.81. The van der Waals surface area contributed by atoms with Gasteiger partial charge in [0.25, 0.3) is 0 Å². The fourth-order valence-electron chi connectivity index (χ4n) is 2.81. The first kappa shape index (κ1) is 15.6. The Kier molecular flexibility index (Phi) is 4.12. The van der Waals surface area contributed by atoms with Crippen LogP contribution in [0.2, 0.25) is 0 Å². The van der Waals surface area contributed by atoms with E-state index in [-0.39, 0.29) is 11.6 Å². The van der Waals surface area contributed by atoms with Gasteiger partial charge in [0, 0.05) is 5.69 Å². The van der Waals surface area contributed by atoms with E-state index >= 15 is 0 Å². The summed E-state index contributed by atoms with van der Waals surface area (Å²) >= 11 is 0. The van der Waals surface area contributed by atoms with Crippen LogP contribution in [0.15, 0.2) is 48.5 Å². The van der Waals surface area contributed by atoms with E-state index in [2.05, 4.69) is 67.8 Å². The maximum absolute atomic E-state index is 12.3. The third kappa shape index (κ3) is 3.55. The Morgan fingerprint density at radius 2 is 1.61 bits per heavy atom. The Labute approximate surface area is 138 Å². The summed E-state index contributed by atoms with van der Waals surface area (Å²) in [5.74, 6) is 0.495. The van der Waals surface area contributed by atoms with Gasteiger partial charge in [0.05, 0.1) is 5.54 Å². The first-order valence-electron chi connectivity index (χ1n) is 8.25. The van der Waals surface area contributed by atoms with E-state index in [4.69, 9.17) is 0 Å². The third-order valence-corrected chi connectivity index (χ3v) is 4.54. The summed E-state index contributed by atoms with van der Waals surface area (Å²) in [5, 5.41) is 6.07. The van der Waals surface area contributed by atoms with Crippen LogP contribution in [0.5, 0.6) is 0 Å². The number of anilines is 1. The molecular formula is C20H24N2O. The van der Waals surface area contributed by atoms with Crippen molar-refractivity contribution in [2.24, 2.45) is 0 Å². The lowest BCUT2D eigenvalue weighted by atomic mass is 10.0. The van der Waals surface area contributed by atoms with Gasteiger partial charge in [0.15, 0.2) is 0 Å². The Bertz CT molecular complexity index is 683. The Morgan fingerprint density at radius 3 is 2.13 bits per heavy atom. The van der Waals surface area contributed by atoms with Gasteiger partial charge in [-0.05, 0) is 48.9 Å². The fraction of sp³-hybridized carbons (Fsp3) is 0.350. The van der Waals surface area contributed by atoms with E-state index in [0.29, 0.717) is 5.92 Å². The Hall–Kier alpha value is -2.29. The summed E-state index contributed by atoms with van der Waals surface area (Å²) in [6, 6.07) is 16.3. The Balaban J connectivity index is 1.64. The molecule has 2 amide bonds. The second-order valence-electron chi connectivity index (χ2n) is 6.80. The zero-order valence-electron chi connectivity index (χ0n) is 14.0. The third-order valence-electron chi connectivity index (χ3n) is 4.54. The molecule has 3 rings (SSSR count). The number of aryl methyl sites for hydroxylation is 1. The van der Waals surface area contributed by atoms with Gasteiger partial charge in [-0.1, -0.05) is 55.8 Å². The zero-order valence-corrected chi connectivity index (χ0v) is 14.0. The topological polar surface area (TPSA) is 41.1 Å². The van der Waals surface area contributed by atoms with Crippen molar-refractivity contribution in [3.63, 3.8) is 0 Å². The quantitative estimate of drug-likeness (QED) is 0.826. The summed E-state index contributed by atoms with van der Waals surface area (Å²) in [4.78, 5) is 12.3. The van der Waals surface area contributed by atoms with Crippen LogP contribution in [-0.2, 0) is 5.54 Å². The van der Waals surface area contributed by atoms with Gasteiger partial charge in [-0.2, -0.15) is 0 Å². The number of hydrogen-bond donors (Lipinski definition) is 2. The number of carbonyl (C=O) groups excluding carboxylic acids is 1. The van der Waals surface area contributed by atoms with Crippen LogP contribution >= 0.6 is 0 Å². The maximum Gasteiger partial charge on any atom is 0.319 e. The van der Waals surface area contributed by atoms with Gasteiger partial charge in [0.2, 0.25) is 0 Å². The molecule has 1 saturated carbocycles. The highest BCUT2D eigenvalue weighted by molar-refractivity contribution is 5.90. The van der Waals surface area contributed by atoms with Crippen LogP contribution in [-0.4, -0.2) is 6.03 Å².